The van der Waals surface area contributed by atoms with Crippen molar-refractivity contribution >= 4 is 22.9 Å². The normalized spacial score (nSPS) is 11.5. The number of nitrogens with one attached hydrogen (secondary N) is 1. The molecule has 0 radical (unpaired) electrons. The summed E-state index contributed by atoms with van der Waals surface area (Å²) >= 11 is 0. The lowest BCUT2D eigenvalue weighted by molar-refractivity contribution is 0.0346. The third kappa shape index (κ3) is 6.79. The van der Waals surface area contributed by atoms with Gasteiger partial charge in [0.2, 0.25) is 0 Å². The third-order valence-corrected chi connectivity index (χ3v) is 6.93. The van der Waals surface area contributed by atoms with Crippen LogP contribution in [0.2, 0.25) is 0 Å². The van der Waals surface area contributed by atoms with Crippen LogP contribution in [-0.4, -0.2) is 50.5 Å². The zero-order valence-electron chi connectivity index (χ0n) is 22.8. The van der Waals surface area contributed by atoms with Crippen LogP contribution in [-0.2, 0) is 11.2 Å². The second-order valence-corrected chi connectivity index (χ2v) is 10.4. The minimum Gasteiger partial charge on any atom is -0.444 e. The maximum atomic E-state index is 14.0. The Balaban J connectivity index is 1.61. The summed E-state index contributed by atoms with van der Waals surface area (Å²) in [7, 11) is 0. The van der Waals surface area contributed by atoms with Crippen molar-refractivity contribution in [3.63, 3.8) is 0 Å². The van der Waals surface area contributed by atoms with E-state index in [1.165, 1.54) is 18.3 Å². The molecule has 39 heavy (non-hydrogen) atoms. The monoisotopic (exact) mass is 531 g/mol. The molecule has 4 aromatic rings. The number of primary amides is 1. The maximum Gasteiger partial charge on any atom is 0.405 e. The molecule has 204 valence electrons. The SMILES string of the molecule is Cc1ccc(-c2nccnc2C(=O)N(CCCC(C)(C)OC(N)=O)CCc2c[nH]c3ccc(F)cc23)cc1C. The summed E-state index contributed by atoms with van der Waals surface area (Å²) in [6.45, 7) is 8.38. The van der Waals surface area contributed by atoms with E-state index in [-0.39, 0.29) is 17.4 Å². The van der Waals surface area contributed by atoms with E-state index < -0.39 is 11.7 Å². The number of carbonyl (C=O) groups excluding carboxylic acids is 2. The molecule has 0 atom stereocenters. The van der Waals surface area contributed by atoms with Crippen molar-refractivity contribution in [2.24, 2.45) is 5.73 Å². The van der Waals surface area contributed by atoms with Crippen LogP contribution >= 0.6 is 0 Å². The van der Waals surface area contributed by atoms with E-state index in [0.29, 0.717) is 38.0 Å². The Morgan fingerprint density at radius 2 is 1.82 bits per heavy atom. The minimum atomic E-state index is -0.836. The lowest BCUT2D eigenvalue weighted by Gasteiger charge is -2.27. The summed E-state index contributed by atoms with van der Waals surface area (Å²) in [5.74, 6) is -0.568. The molecular formula is C30H34FN5O3. The van der Waals surface area contributed by atoms with E-state index >= 15 is 0 Å². The molecule has 2 amide bonds. The second kappa shape index (κ2) is 11.6. The number of carbonyl (C=O) groups is 2. The van der Waals surface area contributed by atoms with Gasteiger partial charge < -0.3 is 20.4 Å². The standard InChI is InChI=1S/C30H34FN5O3/c1-19-6-7-21(16-20(19)2)26-27(34-13-12-33-26)28(37)36(14-5-11-30(3,4)39-29(32)38)15-10-22-18-35-25-9-8-23(31)17-24(22)25/h6-9,12-13,16-18,35H,5,10-11,14-15H2,1-4H3,(H2,32,38). The van der Waals surface area contributed by atoms with E-state index in [1.807, 2.05) is 38.2 Å². The summed E-state index contributed by atoms with van der Waals surface area (Å²) in [5.41, 5.74) is 10.0. The van der Waals surface area contributed by atoms with Crippen LogP contribution in [0, 0.1) is 19.7 Å². The van der Waals surface area contributed by atoms with Gasteiger partial charge in [0.15, 0.2) is 5.69 Å². The first-order chi connectivity index (χ1) is 18.5. The predicted molar refractivity (Wildman–Crippen MR) is 149 cm³/mol. The van der Waals surface area contributed by atoms with Crippen LogP contribution in [0.4, 0.5) is 9.18 Å². The highest BCUT2D eigenvalue weighted by Gasteiger charge is 2.25. The number of halogens is 1. The number of aromatic nitrogens is 3. The first-order valence-electron chi connectivity index (χ1n) is 13.0. The van der Waals surface area contributed by atoms with Crippen molar-refractivity contribution in [3.8, 4) is 11.3 Å². The molecule has 0 aliphatic carbocycles. The average Bonchev–Trinajstić information content (AvgIpc) is 3.28. The molecule has 8 nitrogen and oxygen atoms in total. The van der Waals surface area contributed by atoms with Gasteiger partial charge in [-0.15, -0.1) is 0 Å². The summed E-state index contributed by atoms with van der Waals surface area (Å²) in [4.78, 5) is 39.1. The Morgan fingerprint density at radius 3 is 2.56 bits per heavy atom. The quantitative estimate of drug-likeness (QED) is 0.272. The Hall–Kier alpha value is -4.27. The van der Waals surface area contributed by atoms with Gasteiger partial charge in [-0.05, 0) is 87.9 Å². The Labute approximate surface area is 227 Å². The molecule has 2 heterocycles. The molecule has 0 unspecified atom stereocenters. The van der Waals surface area contributed by atoms with Crippen molar-refractivity contribution in [3.05, 3.63) is 83.2 Å². The number of hydrogen-bond acceptors (Lipinski definition) is 5. The molecule has 0 bridgehead atoms. The number of ether oxygens (including phenoxy) is 1. The van der Waals surface area contributed by atoms with Gasteiger partial charge in [0.25, 0.3) is 5.91 Å². The number of fused-ring (bicyclic) bond motifs is 1. The van der Waals surface area contributed by atoms with Gasteiger partial charge in [0.05, 0.1) is 0 Å². The first-order valence-corrected chi connectivity index (χ1v) is 13.0. The zero-order chi connectivity index (χ0) is 28.2. The number of H-pyrrole nitrogens is 1. The van der Waals surface area contributed by atoms with Gasteiger partial charge in [0, 0.05) is 48.1 Å². The average molecular weight is 532 g/mol. The summed E-state index contributed by atoms with van der Waals surface area (Å²) < 4.78 is 19.1. The number of aromatic amines is 1. The van der Waals surface area contributed by atoms with Crippen molar-refractivity contribution in [1.29, 1.82) is 0 Å². The van der Waals surface area contributed by atoms with Crippen molar-refractivity contribution in [2.45, 2.75) is 52.6 Å². The fourth-order valence-electron chi connectivity index (χ4n) is 4.69. The van der Waals surface area contributed by atoms with E-state index in [0.717, 1.165) is 33.2 Å². The number of aryl methyl sites for hydroxylation is 2. The lowest BCUT2D eigenvalue weighted by atomic mass is 10.0. The lowest BCUT2D eigenvalue weighted by Crippen LogP contribution is -2.37. The molecule has 4 rings (SSSR count). The predicted octanol–water partition coefficient (Wildman–Crippen LogP) is 5.72. The van der Waals surface area contributed by atoms with Crippen molar-refractivity contribution in [1.82, 2.24) is 19.9 Å². The van der Waals surface area contributed by atoms with Gasteiger partial charge in [-0.25, -0.2) is 14.2 Å². The van der Waals surface area contributed by atoms with Crippen LogP contribution in [0.1, 0.15) is 53.9 Å². The molecule has 2 aromatic carbocycles. The number of amides is 2. The summed E-state index contributed by atoms with van der Waals surface area (Å²) in [6, 6.07) is 10.6. The maximum absolute atomic E-state index is 14.0. The number of benzene rings is 2. The molecule has 2 aromatic heterocycles. The van der Waals surface area contributed by atoms with Crippen LogP contribution in [0.15, 0.2) is 55.0 Å². The summed E-state index contributed by atoms with van der Waals surface area (Å²) in [6.07, 6.45) is 5.68. The molecule has 9 heteroatoms. The Kier molecular flexibility index (Phi) is 8.28. The van der Waals surface area contributed by atoms with Crippen LogP contribution < -0.4 is 5.73 Å². The number of hydrogen-bond donors (Lipinski definition) is 2. The fraction of sp³-hybridized carbons (Fsp3) is 0.333. The van der Waals surface area contributed by atoms with Crippen LogP contribution in [0.3, 0.4) is 0 Å². The van der Waals surface area contributed by atoms with E-state index in [9.17, 15) is 14.0 Å². The van der Waals surface area contributed by atoms with Gasteiger partial charge in [0.1, 0.15) is 17.1 Å². The smallest absolute Gasteiger partial charge is 0.405 e. The van der Waals surface area contributed by atoms with Crippen molar-refractivity contribution < 1.29 is 18.7 Å². The van der Waals surface area contributed by atoms with Gasteiger partial charge in [-0.2, -0.15) is 0 Å². The third-order valence-electron chi connectivity index (χ3n) is 6.93. The number of nitrogens with two attached hydrogens (primary N) is 1. The van der Waals surface area contributed by atoms with Crippen molar-refractivity contribution in [2.75, 3.05) is 13.1 Å². The number of rotatable bonds is 10. The first kappa shape index (κ1) is 27.8. The fourth-order valence-corrected chi connectivity index (χ4v) is 4.69. The highest BCUT2D eigenvalue weighted by Crippen LogP contribution is 2.25. The van der Waals surface area contributed by atoms with Gasteiger partial charge in [-0.3, -0.25) is 9.78 Å². The Bertz CT molecular complexity index is 1500. The molecule has 0 aliphatic rings. The second-order valence-electron chi connectivity index (χ2n) is 10.4. The highest BCUT2D eigenvalue weighted by molar-refractivity contribution is 5.98. The molecule has 0 saturated heterocycles. The molecule has 3 N–H and O–H groups in total. The van der Waals surface area contributed by atoms with Gasteiger partial charge >= 0.3 is 6.09 Å². The molecular weight excluding hydrogens is 497 g/mol. The molecule has 0 spiro atoms. The zero-order valence-corrected chi connectivity index (χ0v) is 22.8. The van der Waals surface area contributed by atoms with E-state index in [2.05, 4.69) is 15.0 Å². The summed E-state index contributed by atoms with van der Waals surface area (Å²) in [5, 5.41) is 0.786. The van der Waals surface area contributed by atoms with Gasteiger partial charge in [-0.1, -0.05) is 12.1 Å². The van der Waals surface area contributed by atoms with Crippen LogP contribution in [0.5, 0.6) is 0 Å². The minimum absolute atomic E-state index is 0.254. The molecule has 0 fully saturated rings. The van der Waals surface area contributed by atoms with E-state index in [4.69, 9.17) is 10.5 Å². The largest absolute Gasteiger partial charge is 0.444 e. The number of nitrogens with zero attached hydrogens (tertiary/aromatic N) is 3. The Morgan fingerprint density at radius 1 is 1.05 bits per heavy atom. The van der Waals surface area contributed by atoms with E-state index in [1.54, 1.807) is 31.0 Å². The highest BCUT2D eigenvalue weighted by atomic mass is 19.1. The molecule has 0 saturated carbocycles. The topological polar surface area (TPSA) is 114 Å². The molecule has 0 aliphatic heterocycles. The van der Waals surface area contributed by atoms with Crippen LogP contribution in [0.25, 0.3) is 22.2 Å².